The van der Waals surface area contributed by atoms with Crippen LogP contribution in [0.15, 0.2) is 64.5 Å². The number of nitrogens with zero attached hydrogens (tertiary/aromatic N) is 2. The average Bonchev–Trinajstić information content (AvgIpc) is 2.68. The van der Waals surface area contributed by atoms with E-state index in [1.54, 1.807) is 30.8 Å². The Morgan fingerprint density at radius 3 is 2.39 bits per heavy atom. The van der Waals surface area contributed by atoms with Gasteiger partial charge in [0.05, 0.1) is 13.1 Å². The number of hydrogen-bond donors (Lipinski definition) is 2. The molecule has 152 valence electrons. The number of benzene rings is 2. The van der Waals surface area contributed by atoms with Crippen molar-refractivity contribution in [2.24, 2.45) is 4.99 Å². The largest absolute Gasteiger partial charge is 0.356 e. The molecule has 28 heavy (non-hydrogen) atoms. The van der Waals surface area contributed by atoms with E-state index in [9.17, 15) is 4.79 Å². The van der Waals surface area contributed by atoms with Gasteiger partial charge >= 0.3 is 0 Å². The lowest BCUT2D eigenvalue weighted by atomic mass is 10.1. The Labute approximate surface area is 189 Å². The first kappa shape index (κ1) is 24.3. The van der Waals surface area contributed by atoms with E-state index in [0.29, 0.717) is 12.5 Å². The van der Waals surface area contributed by atoms with Crippen molar-refractivity contribution in [1.82, 2.24) is 15.5 Å². The van der Waals surface area contributed by atoms with Gasteiger partial charge in [-0.1, -0.05) is 42.5 Å². The third-order valence-electron chi connectivity index (χ3n) is 3.98. The number of rotatable bonds is 8. The van der Waals surface area contributed by atoms with Crippen molar-refractivity contribution in [3.05, 3.63) is 65.7 Å². The van der Waals surface area contributed by atoms with Crippen LogP contribution in [0.4, 0.5) is 0 Å². The average molecular weight is 512 g/mol. The summed E-state index contributed by atoms with van der Waals surface area (Å²) in [5.41, 5.74) is 2.39. The lowest BCUT2D eigenvalue weighted by molar-refractivity contribution is -0.127. The maximum absolute atomic E-state index is 11.9. The number of likely N-dealkylation sites (N-methyl/N-ethyl adjacent to an activating group) is 1. The zero-order valence-corrected chi connectivity index (χ0v) is 19.8. The van der Waals surface area contributed by atoms with Crippen LogP contribution in [0.1, 0.15) is 11.1 Å². The SMILES string of the molecule is Cc1ccccc1CN=C(NCCSc1ccccc1)NCC(=O)N(C)C.I. The number of aryl methyl sites for hydroxylation is 1. The Balaban J connectivity index is 0.00000392. The molecule has 5 nitrogen and oxygen atoms in total. The molecule has 7 heteroatoms. The highest BCUT2D eigenvalue weighted by atomic mass is 127. The van der Waals surface area contributed by atoms with E-state index in [-0.39, 0.29) is 36.4 Å². The second-order valence-corrected chi connectivity index (χ2v) is 7.49. The number of guanidine groups is 1. The third kappa shape index (κ3) is 8.97. The van der Waals surface area contributed by atoms with Crippen molar-refractivity contribution in [1.29, 1.82) is 0 Å². The Morgan fingerprint density at radius 2 is 1.71 bits per heavy atom. The molecule has 0 aromatic heterocycles. The fourth-order valence-corrected chi connectivity index (χ4v) is 3.09. The van der Waals surface area contributed by atoms with Gasteiger partial charge in [-0.25, -0.2) is 4.99 Å². The molecular weight excluding hydrogens is 483 g/mol. The summed E-state index contributed by atoms with van der Waals surface area (Å²) in [5, 5.41) is 6.45. The first-order valence-corrected chi connectivity index (χ1v) is 9.99. The number of aliphatic imine (C=N–C) groups is 1. The first-order valence-electron chi connectivity index (χ1n) is 9.01. The highest BCUT2D eigenvalue weighted by Crippen LogP contribution is 2.15. The molecule has 0 radical (unpaired) electrons. The minimum atomic E-state index is 0. The van der Waals surface area contributed by atoms with E-state index < -0.39 is 0 Å². The van der Waals surface area contributed by atoms with Crippen molar-refractivity contribution in [3.63, 3.8) is 0 Å². The Bertz CT molecular complexity index is 753. The third-order valence-corrected chi connectivity index (χ3v) is 4.99. The van der Waals surface area contributed by atoms with Crippen LogP contribution < -0.4 is 10.6 Å². The summed E-state index contributed by atoms with van der Waals surface area (Å²) >= 11 is 1.79. The van der Waals surface area contributed by atoms with Gasteiger partial charge in [0.2, 0.25) is 5.91 Å². The number of hydrogen-bond acceptors (Lipinski definition) is 3. The second-order valence-electron chi connectivity index (χ2n) is 6.32. The van der Waals surface area contributed by atoms with Crippen molar-refractivity contribution in [3.8, 4) is 0 Å². The molecular formula is C21H29IN4OS. The van der Waals surface area contributed by atoms with Gasteiger partial charge in [0.1, 0.15) is 0 Å². The molecule has 0 unspecified atom stereocenters. The molecule has 0 saturated carbocycles. The molecule has 0 spiro atoms. The molecule has 0 aliphatic rings. The molecule has 0 aliphatic carbocycles. The summed E-state index contributed by atoms with van der Waals surface area (Å²) in [6.45, 7) is 3.63. The van der Waals surface area contributed by atoms with E-state index in [1.807, 2.05) is 30.3 Å². The van der Waals surface area contributed by atoms with E-state index in [4.69, 9.17) is 0 Å². The van der Waals surface area contributed by atoms with Crippen LogP contribution in [0.25, 0.3) is 0 Å². The van der Waals surface area contributed by atoms with Crippen molar-refractivity contribution in [2.75, 3.05) is 32.9 Å². The lowest BCUT2D eigenvalue weighted by Crippen LogP contribution is -2.43. The maximum atomic E-state index is 11.9. The summed E-state index contributed by atoms with van der Waals surface area (Å²) in [6, 6.07) is 18.5. The molecule has 2 N–H and O–H groups in total. The van der Waals surface area contributed by atoms with Gasteiger partial charge in [0.25, 0.3) is 0 Å². The van der Waals surface area contributed by atoms with Gasteiger partial charge in [0, 0.05) is 31.3 Å². The van der Waals surface area contributed by atoms with Crippen LogP contribution in [0.5, 0.6) is 0 Å². The molecule has 0 aliphatic heterocycles. The Morgan fingerprint density at radius 1 is 1.04 bits per heavy atom. The number of thioether (sulfide) groups is 1. The van der Waals surface area contributed by atoms with E-state index in [2.05, 4.69) is 46.8 Å². The van der Waals surface area contributed by atoms with Crippen molar-refractivity contribution < 1.29 is 4.79 Å². The molecule has 0 atom stereocenters. The summed E-state index contributed by atoms with van der Waals surface area (Å²) in [7, 11) is 3.50. The van der Waals surface area contributed by atoms with Gasteiger partial charge in [-0.2, -0.15) is 0 Å². The zero-order valence-electron chi connectivity index (χ0n) is 16.6. The predicted molar refractivity (Wildman–Crippen MR) is 130 cm³/mol. The van der Waals surface area contributed by atoms with Crippen LogP contribution in [-0.4, -0.2) is 49.7 Å². The number of carbonyl (C=O) groups excluding carboxylic acids is 1. The lowest BCUT2D eigenvalue weighted by Gasteiger charge is -2.15. The maximum Gasteiger partial charge on any atom is 0.241 e. The minimum Gasteiger partial charge on any atom is -0.356 e. The number of halogens is 1. The highest BCUT2D eigenvalue weighted by molar-refractivity contribution is 14.0. The molecule has 0 saturated heterocycles. The molecule has 1 amide bonds. The van der Waals surface area contributed by atoms with Crippen molar-refractivity contribution >= 4 is 47.6 Å². The quantitative estimate of drug-likeness (QED) is 0.187. The van der Waals surface area contributed by atoms with E-state index >= 15 is 0 Å². The van der Waals surface area contributed by atoms with Crippen molar-refractivity contribution in [2.45, 2.75) is 18.4 Å². The van der Waals surface area contributed by atoms with Crippen LogP contribution >= 0.6 is 35.7 Å². The summed E-state index contributed by atoms with van der Waals surface area (Å²) in [5.74, 6) is 1.58. The number of amides is 1. The molecule has 0 bridgehead atoms. The fourth-order valence-electron chi connectivity index (χ4n) is 2.30. The van der Waals surface area contributed by atoms with Gasteiger partial charge in [-0.05, 0) is 30.2 Å². The predicted octanol–water partition coefficient (Wildman–Crippen LogP) is 3.53. The Hall–Kier alpha value is -1.74. The molecule has 2 rings (SSSR count). The molecule has 2 aromatic carbocycles. The van der Waals surface area contributed by atoms with Crippen LogP contribution in [0.2, 0.25) is 0 Å². The normalized spacial score (nSPS) is 10.8. The second kappa shape index (κ2) is 13.4. The molecule has 2 aromatic rings. The van der Waals surface area contributed by atoms with Gasteiger partial charge < -0.3 is 15.5 Å². The summed E-state index contributed by atoms with van der Waals surface area (Å²) in [4.78, 5) is 19.3. The highest BCUT2D eigenvalue weighted by Gasteiger charge is 2.06. The topological polar surface area (TPSA) is 56.7 Å². The zero-order chi connectivity index (χ0) is 19.5. The first-order chi connectivity index (χ1) is 13.1. The molecule has 0 fully saturated rings. The number of carbonyl (C=O) groups is 1. The van der Waals surface area contributed by atoms with Gasteiger partial charge in [-0.3, -0.25) is 4.79 Å². The fraction of sp³-hybridized carbons (Fsp3) is 0.333. The monoisotopic (exact) mass is 512 g/mol. The van der Waals surface area contributed by atoms with Gasteiger partial charge in [0.15, 0.2) is 5.96 Å². The summed E-state index contributed by atoms with van der Waals surface area (Å²) in [6.07, 6.45) is 0. The van der Waals surface area contributed by atoms with E-state index in [1.165, 1.54) is 16.0 Å². The standard InChI is InChI=1S/C21H28N4OS.HI/c1-17-9-7-8-10-18(17)15-23-21(24-16-20(26)25(2)3)22-13-14-27-19-11-5-4-6-12-19;/h4-12H,13-16H2,1-3H3,(H2,22,23,24);1H. The van der Waals surface area contributed by atoms with Gasteiger partial charge in [-0.15, -0.1) is 35.7 Å². The smallest absolute Gasteiger partial charge is 0.241 e. The summed E-state index contributed by atoms with van der Waals surface area (Å²) < 4.78 is 0. The molecule has 0 heterocycles. The van der Waals surface area contributed by atoms with E-state index in [0.717, 1.165) is 12.3 Å². The minimum absolute atomic E-state index is 0. The van der Waals surface area contributed by atoms with Crippen LogP contribution in [0, 0.1) is 6.92 Å². The van der Waals surface area contributed by atoms with Crippen LogP contribution in [-0.2, 0) is 11.3 Å². The van der Waals surface area contributed by atoms with Crippen LogP contribution in [0.3, 0.4) is 0 Å². The Kier molecular flexibility index (Phi) is 11.7. The number of nitrogens with one attached hydrogen (secondary N) is 2.